The fourth-order valence-electron chi connectivity index (χ4n) is 1.85. The number of carbonyl (C=O) groups is 2. The third kappa shape index (κ3) is 3.46. The van der Waals surface area contributed by atoms with Gasteiger partial charge in [0, 0.05) is 15.1 Å². The molecule has 0 bridgehead atoms. The molecule has 0 spiro atoms. The fraction of sp³-hybridized carbons (Fsp3) is 0. The Hall–Kier alpha value is -1.31. The van der Waals surface area contributed by atoms with E-state index in [1.54, 1.807) is 30.3 Å². The number of thiophene rings is 2. The molecular weight excluding hydrogens is 399 g/mol. The van der Waals surface area contributed by atoms with Crippen molar-refractivity contribution >= 4 is 79.4 Å². The van der Waals surface area contributed by atoms with Gasteiger partial charge in [0.05, 0.1) is 14.2 Å². The van der Waals surface area contributed by atoms with Crippen LogP contribution in [-0.2, 0) is 0 Å². The van der Waals surface area contributed by atoms with Crippen molar-refractivity contribution in [1.82, 2.24) is 10.9 Å². The van der Waals surface area contributed by atoms with E-state index in [1.165, 1.54) is 11.3 Å². The van der Waals surface area contributed by atoms with E-state index in [2.05, 4.69) is 10.9 Å². The standard InChI is InChI=1S/C14H7Cl3N2O2S2/c15-6-1-2-7-9(5-6)23-12(11(7)17)14(21)19-18-13(20)8-3-4-10(16)22-8/h1-5H,(H,18,20)(H,19,21). The molecular formula is C14H7Cl3N2O2S2. The van der Waals surface area contributed by atoms with Gasteiger partial charge in [-0.2, -0.15) is 0 Å². The number of hydrazine groups is 1. The molecule has 118 valence electrons. The van der Waals surface area contributed by atoms with Gasteiger partial charge in [-0.15, -0.1) is 22.7 Å². The van der Waals surface area contributed by atoms with Gasteiger partial charge in [0.15, 0.2) is 0 Å². The normalized spacial score (nSPS) is 10.7. The summed E-state index contributed by atoms with van der Waals surface area (Å²) in [4.78, 5) is 24.8. The number of amides is 2. The average molecular weight is 406 g/mol. The molecule has 0 aliphatic carbocycles. The van der Waals surface area contributed by atoms with Crippen LogP contribution in [0.3, 0.4) is 0 Å². The van der Waals surface area contributed by atoms with E-state index < -0.39 is 11.8 Å². The number of hydrogen-bond donors (Lipinski definition) is 2. The minimum Gasteiger partial charge on any atom is -0.266 e. The maximum absolute atomic E-state index is 12.2. The van der Waals surface area contributed by atoms with Gasteiger partial charge >= 0.3 is 0 Å². The summed E-state index contributed by atoms with van der Waals surface area (Å²) >= 11 is 20.2. The molecule has 2 N–H and O–H groups in total. The summed E-state index contributed by atoms with van der Waals surface area (Å²) in [6.07, 6.45) is 0. The maximum atomic E-state index is 12.2. The molecule has 2 heterocycles. The molecule has 0 saturated carbocycles. The van der Waals surface area contributed by atoms with Crippen LogP contribution < -0.4 is 10.9 Å². The van der Waals surface area contributed by atoms with E-state index >= 15 is 0 Å². The summed E-state index contributed by atoms with van der Waals surface area (Å²) in [7, 11) is 0. The molecule has 1 aromatic carbocycles. The van der Waals surface area contributed by atoms with Crippen molar-refractivity contribution in [3.63, 3.8) is 0 Å². The van der Waals surface area contributed by atoms with E-state index in [1.807, 2.05) is 0 Å². The third-order valence-electron chi connectivity index (χ3n) is 2.88. The van der Waals surface area contributed by atoms with Gasteiger partial charge in [-0.3, -0.25) is 20.4 Å². The van der Waals surface area contributed by atoms with Crippen LogP contribution in [-0.4, -0.2) is 11.8 Å². The molecule has 0 unspecified atom stereocenters. The topological polar surface area (TPSA) is 58.2 Å². The predicted molar refractivity (Wildman–Crippen MR) is 96.1 cm³/mol. The van der Waals surface area contributed by atoms with Crippen molar-refractivity contribution in [3.8, 4) is 0 Å². The molecule has 0 radical (unpaired) electrons. The summed E-state index contributed by atoms with van der Waals surface area (Å²) in [5, 5.41) is 1.63. The first kappa shape index (κ1) is 16.5. The molecule has 2 aromatic heterocycles. The molecule has 3 rings (SSSR count). The van der Waals surface area contributed by atoms with E-state index in [-0.39, 0.29) is 0 Å². The number of nitrogens with one attached hydrogen (secondary N) is 2. The second-order valence-corrected chi connectivity index (χ2v) is 7.98. The number of benzene rings is 1. The highest BCUT2D eigenvalue weighted by molar-refractivity contribution is 7.21. The molecule has 0 saturated heterocycles. The van der Waals surface area contributed by atoms with Gasteiger partial charge in [0.1, 0.15) is 4.88 Å². The van der Waals surface area contributed by atoms with Crippen molar-refractivity contribution < 1.29 is 9.59 Å². The van der Waals surface area contributed by atoms with Crippen LogP contribution in [0.15, 0.2) is 30.3 Å². The van der Waals surface area contributed by atoms with Crippen LogP contribution in [0, 0.1) is 0 Å². The Labute approximate surface area is 153 Å². The summed E-state index contributed by atoms with van der Waals surface area (Å²) in [6, 6.07) is 8.36. The fourth-order valence-corrected chi connectivity index (χ4v) is 4.48. The smallest absolute Gasteiger partial charge is 0.266 e. The van der Waals surface area contributed by atoms with Crippen molar-refractivity contribution in [3.05, 3.63) is 54.5 Å². The maximum Gasteiger partial charge on any atom is 0.281 e. The van der Waals surface area contributed by atoms with Crippen molar-refractivity contribution in [1.29, 1.82) is 0 Å². The largest absolute Gasteiger partial charge is 0.281 e. The summed E-state index contributed by atoms with van der Waals surface area (Å²) < 4.78 is 1.29. The van der Waals surface area contributed by atoms with Crippen molar-refractivity contribution in [2.75, 3.05) is 0 Å². The van der Waals surface area contributed by atoms with E-state index in [4.69, 9.17) is 34.8 Å². The molecule has 4 nitrogen and oxygen atoms in total. The number of hydrogen-bond acceptors (Lipinski definition) is 4. The number of carbonyl (C=O) groups excluding carboxylic acids is 2. The monoisotopic (exact) mass is 404 g/mol. The van der Waals surface area contributed by atoms with Gasteiger partial charge in [-0.1, -0.05) is 40.9 Å². The highest BCUT2D eigenvalue weighted by atomic mass is 35.5. The summed E-state index contributed by atoms with van der Waals surface area (Å²) in [6.45, 7) is 0. The van der Waals surface area contributed by atoms with Crippen molar-refractivity contribution in [2.24, 2.45) is 0 Å². The molecule has 0 aliphatic heterocycles. The lowest BCUT2D eigenvalue weighted by Crippen LogP contribution is -2.41. The van der Waals surface area contributed by atoms with Gasteiger partial charge in [0.2, 0.25) is 0 Å². The average Bonchev–Trinajstić information content (AvgIpc) is 3.08. The molecule has 2 amide bonds. The van der Waals surface area contributed by atoms with Gasteiger partial charge in [0.25, 0.3) is 11.8 Å². The SMILES string of the molecule is O=C(NNC(=O)c1sc2cc(Cl)ccc2c1Cl)c1ccc(Cl)s1. The van der Waals surface area contributed by atoms with Crippen LogP contribution >= 0.6 is 57.5 Å². The number of rotatable bonds is 2. The molecule has 9 heteroatoms. The first-order valence-electron chi connectivity index (χ1n) is 6.19. The van der Waals surface area contributed by atoms with E-state index in [9.17, 15) is 9.59 Å². The zero-order valence-corrected chi connectivity index (χ0v) is 15.1. The Balaban J connectivity index is 1.76. The third-order valence-corrected chi connectivity index (χ3v) is 6.01. The Bertz CT molecular complexity index is 920. The second-order valence-electron chi connectivity index (χ2n) is 4.40. The minimum atomic E-state index is -0.497. The highest BCUT2D eigenvalue weighted by Gasteiger charge is 2.18. The van der Waals surface area contributed by atoms with Crippen LogP contribution in [0.1, 0.15) is 19.3 Å². The van der Waals surface area contributed by atoms with Gasteiger partial charge in [-0.25, -0.2) is 0 Å². The predicted octanol–water partition coefficient (Wildman–Crippen LogP) is 5.00. The van der Waals surface area contributed by atoms with Crippen LogP contribution in [0.25, 0.3) is 10.1 Å². The summed E-state index contributed by atoms with van der Waals surface area (Å²) in [5.41, 5.74) is 4.67. The lowest BCUT2D eigenvalue weighted by molar-refractivity contribution is 0.0851. The van der Waals surface area contributed by atoms with E-state index in [0.29, 0.717) is 24.1 Å². The highest BCUT2D eigenvalue weighted by Crippen LogP contribution is 2.36. The van der Waals surface area contributed by atoms with Crippen molar-refractivity contribution in [2.45, 2.75) is 0 Å². The van der Waals surface area contributed by atoms with Crippen LogP contribution in [0.2, 0.25) is 14.4 Å². The molecule has 0 fully saturated rings. The minimum absolute atomic E-state index is 0.299. The lowest BCUT2D eigenvalue weighted by atomic mass is 10.2. The lowest BCUT2D eigenvalue weighted by Gasteiger charge is -2.04. The second kappa shape index (κ2) is 6.67. The van der Waals surface area contributed by atoms with Gasteiger partial charge in [-0.05, 0) is 24.3 Å². The Morgan fingerprint density at radius 1 is 0.913 bits per heavy atom. The van der Waals surface area contributed by atoms with Crippen LogP contribution in [0.4, 0.5) is 0 Å². The molecule has 0 aliphatic rings. The molecule has 3 aromatic rings. The Morgan fingerprint density at radius 3 is 2.35 bits per heavy atom. The Morgan fingerprint density at radius 2 is 1.65 bits per heavy atom. The van der Waals surface area contributed by atoms with E-state index in [0.717, 1.165) is 21.4 Å². The first-order valence-corrected chi connectivity index (χ1v) is 8.96. The summed E-state index contributed by atoms with van der Waals surface area (Å²) in [5.74, 6) is -0.946. The Kier molecular flexibility index (Phi) is 4.79. The molecule has 23 heavy (non-hydrogen) atoms. The quantitative estimate of drug-likeness (QED) is 0.590. The zero-order chi connectivity index (χ0) is 16.6. The zero-order valence-electron chi connectivity index (χ0n) is 11.2. The van der Waals surface area contributed by atoms with Crippen LogP contribution in [0.5, 0.6) is 0 Å². The number of halogens is 3. The number of fused-ring (bicyclic) bond motifs is 1. The first-order chi connectivity index (χ1) is 11.0. The molecule has 0 atom stereocenters. The van der Waals surface area contributed by atoms with Gasteiger partial charge < -0.3 is 0 Å².